The van der Waals surface area contributed by atoms with Gasteiger partial charge in [-0.2, -0.15) is 0 Å². The molecule has 0 aliphatic heterocycles. The van der Waals surface area contributed by atoms with E-state index >= 15 is 0 Å². The van der Waals surface area contributed by atoms with Gasteiger partial charge in [-0.05, 0) is 25.7 Å². The molecule has 0 bridgehead atoms. The summed E-state index contributed by atoms with van der Waals surface area (Å²) in [5, 5.41) is 19.7. The largest absolute Gasteiger partial charge is 2.00 e. The maximum Gasteiger partial charge on any atom is 2.00 e. The van der Waals surface area contributed by atoms with E-state index in [1.807, 2.05) is 0 Å². The summed E-state index contributed by atoms with van der Waals surface area (Å²) in [5.74, 6) is -1.93. The van der Waals surface area contributed by atoms with Gasteiger partial charge in [0, 0.05) is 37.6 Å². The third-order valence-electron chi connectivity index (χ3n) is 2.46. The fraction of sp³-hybridized carbons (Fsp3) is 0.714. The minimum Gasteiger partial charge on any atom is -0.550 e. The fourth-order valence-electron chi connectivity index (χ4n) is 1.21. The van der Waals surface area contributed by atoms with Crippen molar-refractivity contribution in [2.24, 2.45) is 0 Å². The minimum atomic E-state index is -1.08. The number of rotatable bonds is 10. The zero-order valence-electron chi connectivity index (χ0n) is 12.5. The molecule has 122 valence electrons. The number of hydrogen-bond donors (Lipinski definition) is 0. The summed E-state index contributed by atoms with van der Waals surface area (Å²) in [6, 6.07) is 0. The molecule has 0 aliphatic rings. The topological polar surface area (TPSA) is 114 Å². The van der Waals surface area contributed by atoms with Crippen LogP contribution in [0.4, 0.5) is 0 Å². The van der Waals surface area contributed by atoms with Gasteiger partial charge < -0.3 is 19.8 Å². The summed E-state index contributed by atoms with van der Waals surface area (Å²) in [4.78, 5) is 40.9. The van der Waals surface area contributed by atoms with Crippen LogP contribution in [0.5, 0.6) is 0 Å². The SMILES string of the molecule is CCC(=O)CCCC(=O)[O-].CCC(=O)CCCC(=O)[O-].[Fe+2]. The zero-order valence-corrected chi connectivity index (χ0v) is 13.6. The Labute approximate surface area is 135 Å². The van der Waals surface area contributed by atoms with Crippen LogP contribution in [-0.4, -0.2) is 23.5 Å². The van der Waals surface area contributed by atoms with Crippen molar-refractivity contribution >= 4 is 23.5 Å². The number of aliphatic carboxylic acids is 2. The molecule has 0 fully saturated rings. The van der Waals surface area contributed by atoms with Gasteiger partial charge in [-0.3, -0.25) is 9.59 Å². The third kappa shape index (κ3) is 24.2. The van der Waals surface area contributed by atoms with Crippen molar-refractivity contribution in [1.82, 2.24) is 0 Å². The second-order valence-electron chi connectivity index (χ2n) is 4.24. The third-order valence-corrected chi connectivity index (χ3v) is 2.46. The van der Waals surface area contributed by atoms with Crippen molar-refractivity contribution < 1.29 is 46.5 Å². The first-order valence-electron chi connectivity index (χ1n) is 6.76. The number of Topliss-reactive ketones (excluding diaryl/α,β-unsaturated/α-hetero) is 2. The van der Waals surface area contributed by atoms with Crippen molar-refractivity contribution in [2.75, 3.05) is 0 Å². The number of hydrogen-bond acceptors (Lipinski definition) is 6. The van der Waals surface area contributed by atoms with Crippen LogP contribution in [0.3, 0.4) is 0 Å². The summed E-state index contributed by atoms with van der Waals surface area (Å²) in [6.45, 7) is 3.53. The van der Waals surface area contributed by atoms with Gasteiger partial charge in [-0.15, -0.1) is 0 Å². The molecule has 0 rings (SSSR count). The van der Waals surface area contributed by atoms with E-state index in [2.05, 4.69) is 0 Å². The van der Waals surface area contributed by atoms with Crippen LogP contribution in [-0.2, 0) is 36.2 Å². The molecule has 21 heavy (non-hydrogen) atoms. The number of carbonyl (C=O) groups excluding carboxylic acids is 4. The summed E-state index contributed by atoms with van der Waals surface area (Å²) in [6.07, 6.45) is 2.52. The predicted octanol–water partition coefficient (Wildman–Crippen LogP) is -0.231. The molecule has 0 atom stereocenters. The molecular formula is C14H22FeO6. The molecule has 0 radical (unpaired) electrons. The Morgan fingerprint density at radius 2 is 0.952 bits per heavy atom. The number of ketones is 2. The maximum atomic E-state index is 10.6. The molecule has 0 aromatic carbocycles. The number of carboxylic acids is 2. The normalized spacial score (nSPS) is 8.86. The van der Waals surface area contributed by atoms with Gasteiger partial charge >= 0.3 is 17.1 Å². The van der Waals surface area contributed by atoms with Crippen molar-refractivity contribution in [3.63, 3.8) is 0 Å². The minimum absolute atomic E-state index is 0. The Kier molecular flexibility index (Phi) is 19.9. The Balaban J connectivity index is -0.000000295. The van der Waals surface area contributed by atoms with Crippen LogP contribution in [0, 0.1) is 0 Å². The van der Waals surface area contributed by atoms with Crippen LogP contribution >= 0.6 is 0 Å². The average Bonchev–Trinajstić information content (AvgIpc) is 2.38. The summed E-state index contributed by atoms with van der Waals surface area (Å²) in [5.41, 5.74) is 0. The van der Waals surface area contributed by atoms with Crippen molar-refractivity contribution in [3.8, 4) is 0 Å². The first-order valence-corrected chi connectivity index (χ1v) is 6.76. The Bertz CT molecular complexity index is 295. The van der Waals surface area contributed by atoms with Crippen LogP contribution in [0.15, 0.2) is 0 Å². The van der Waals surface area contributed by atoms with E-state index in [0.29, 0.717) is 38.5 Å². The number of carboxylic acid groups (broad SMARTS) is 2. The van der Waals surface area contributed by atoms with Crippen LogP contribution < -0.4 is 10.2 Å². The molecule has 0 saturated carbocycles. The van der Waals surface area contributed by atoms with Crippen molar-refractivity contribution in [2.45, 2.75) is 65.2 Å². The van der Waals surface area contributed by atoms with Gasteiger partial charge in [0.25, 0.3) is 0 Å². The zero-order chi connectivity index (χ0) is 16.0. The summed E-state index contributed by atoms with van der Waals surface area (Å²) in [7, 11) is 0. The van der Waals surface area contributed by atoms with E-state index in [-0.39, 0.29) is 41.5 Å². The summed E-state index contributed by atoms with van der Waals surface area (Å²) >= 11 is 0. The monoisotopic (exact) mass is 342 g/mol. The van der Waals surface area contributed by atoms with Gasteiger partial charge in [-0.1, -0.05) is 13.8 Å². The molecule has 0 amide bonds. The predicted molar refractivity (Wildman–Crippen MR) is 68.3 cm³/mol. The smallest absolute Gasteiger partial charge is 0.550 e. The first kappa shape index (κ1) is 24.8. The molecule has 0 aromatic rings. The molecule has 0 spiro atoms. The van der Waals surface area contributed by atoms with Crippen molar-refractivity contribution in [3.05, 3.63) is 0 Å². The molecule has 0 aliphatic carbocycles. The fourth-order valence-corrected chi connectivity index (χ4v) is 1.21. The van der Waals surface area contributed by atoms with E-state index < -0.39 is 11.9 Å². The molecule has 0 aromatic heterocycles. The van der Waals surface area contributed by atoms with Crippen LogP contribution in [0.25, 0.3) is 0 Å². The van der Waals surface area contributed by atoms with E-state index in [1.54, 1.807) is 13.8 Å². The first-order chi connectivity index (χ1) is 9.33. The number of carbonyl (C=O) groups is 4. The second-order valence-corrected chi connectivity index (χ2v) is 4.24. The molecular weight excluding hydrogens is 320 g/mol. The molecule has 6 nitrogen and oxygen atoms in total. The van der Waals surface area contributed by atoms with Gasteiger partial charge in [0.05, 0.1) is 0 Å². The van der Waals surface area contributed by atoms with Crippen LogP contribution in [0.2, 0.25) is 0 Å². The molecule has 0 N–H and O–H groups in total. The van der Waals surface area contributed by atoms with Crippen molar-refractivity contribution in [1.29, 1.82) is 0 Å². The van der Waals surface area contributed by atoms with Crippen LogP contribution in [0.1, 0.15) is 65.2 Å². The second kappa shape index (κ2) is 16.9. The van der Waals surface area contributed by atoms with Gasteiger partial charge in [-0.25, -0.2) is 0 Å². The molecule has 0 unspecified atom stereocenters. The van der Waals surface area contributed by atoms with E-state index in [1.165, 1.54) is 0 Å². The van der Waals surface area contributed by atoms with Gasteiger partial charge in [0.1, 0.15) is 11.6 Å². The van der Waals surface area contributed by atoms with Gasteiger partial charge in [0.15, 0.2) is 0 Å². The summed E-state index contributed by atoms with van der Waals surface area (Å²) < 4.78 is 0. The van der Waals surface area contributed by atoms with E-state index in [4.69, 9.17) is 0 Å². The Hall–Kier alpha value is -1.20. The van der Waals surface area contributed by atoms with E-state index in [0.717, 1.165) is 0 Å². The molecule has 7 heteroatoms. The maximum absolute atomic E-state index is 10.6. The van der Waals surface area contributed by atoms with E-state index in [9.17, 15) is 29.4 Å². The quantitative estimate of drug-likeness (QED) is 0.507. The average molecular weight is 342 g/mol. The Morgan fingerprint density at radius 3 is 1.14 bits per heavy atom. The standard InChI is InChI=1S/2C7H12O3.Fe/c2*1-2-6(8)4-3-5-7(9)10;/h2*2-5H2,1H3,(H,9,10);/q;;+2/p-2. The molecule has 0 heterocycles. The molecule has 0 saturated heterocycles. The van der Waals surface area contributed by atoms with Gasteiger partial charge in [0.2, 0.25) is 0 Å². The Morgan fingerprint density at radius 1 is 0.667 bits per heavy atom.